The zero-order valence-corrected chi connectivity index (χ0v) is 17.0. The van der Waals surface area contributed by atoms with E-state index in [9.17, 15) is 13.6 Å². The maximum absolute atomic E-state index is 14.6. The minimum absolute atomic E-state index is 0.0708. The fourth-order valence-corrected chi connectivity index (χ4v) is 4.33. The fourth-order valence-electron chi connectivity index (χ4n) is 3.55. The first-order chi connectivity index (χ1) is 15.0. The Morgan fingerprint density at radius 2 is 1.94 bits per heavy atom. The predicted molar refractivity (Wildman–Crippen MR) is 111 cm³/mol. The molecule has 1 aliphatic heterocycles. The van der Waals surface area contributed by atoms with Gasteiger partial charge in [0.25, 0.3) is 11.8 Å². The summed E-state index contributed by atoms with van der Waals surface area (Å²) in [5.41, 5.74) is 1.54. The molecule has 158 valence electrons. The van der Waals surface area contributed by atoms with Crippen molar-refractivity contribution in [1.29, 1.82) is 0 Å². The summed E-state index contributed by atoms with van der Waals surface area (Å²) in [6, 6.07) is 10.7. The van der Waals surface area contributed by atoms with Gasteiger partial charge in [-0.15, -0.1) is 16.1 Å². The molecule has 4 aromatic rings. The van der Waals surface area contributed by atoms with Gasteiger partial charge >= 0.3 is 0 Å². The minimum Gasteiger partial charge on any atom is -0.466 e. The Morgan fingerprint density at radius 1 is 1.13 bits per heavy atom. The van der Waals surface area contributed by atoms with Gasteiger partial charge in [-0.25, -0.2) is 13.8 Å². The van der Waals surface area contributed by atoms with Gasteiger partial charge in [-0.1, -0.05) is 18.2 Å². The number of benzene rings is 1. The van der Waals surface area contributed by atoms with Crippen LogP contribution in [0.4, 0.5) is 8.78 Å². The number of amides is 1. The standard InChI is InChI=1S/C21H17F2N5O2S/c22-21(23)7-10-27(20(29)15-12-31-13-17(15)28-24-8-9-25-28)11-18(21)30-19-6-5-14-3-1-2-4-16(14)26-19/h1-6,8-9,12-13,18H,7,10-11H2. The van der Waals surface area contributed by atoms with Crippen molar-refractivity contribution < 1.29 is 18.3 Å². The second-order valence-electron chi connectivity index (χ2n) is 7.20. The molecule has 1 aliphatic rings. The number of hydrogen-bond acceptors (Lipinski definition) is 6. The van der Waals surface area contributed by atoms with Crippen LogP contribution in [0.3, 0.4) is 0 Å². The number of nitrogens with zero attached hydrogens (tertiary/aromatic N) is 5. The number of alkyl halides is 2. The number of para-hydroxylation sites is 1. The molecule has 0 N–H and O–H groups in total. The third-order valence-corrected chi connectivity index (χ3v) is 5.93. The van der Waals surface area contributed by atoms with E-state index in [1.54, 1.807) is 29.0 Å². The van der Waals surface area contributed by atoms with Gasteiger partial charge in [-0.2, -0.15) is 10.2 Å². The van der Waals surface area contributed by atoms with E-state index in [0.29, 0.717) is 16.8 Å². The Labute approximate surface area is 179 Å². The SMILES string of the molecule is O=C(c1cscc1-n1nccn1)N1CCC(F)(F)C(Oc2ccc3ccccc3n2)C1. The molecule has 0 saturated carbocycles. The van der Waals surface area contributed by atoms with E-state index in [1.165, 1.54) is 33.4 Å². The quantitative estimate of drug-likeness (QED) is 0.482. The summed E-state index contributed by atoms with van der Waals surface area (Å²) in [5.74, 6) is -3.33. The molecule has 31 heavy (non-hydrogen) atoms. The highest BCUT2D eigenvalue weighted by Gasteiger charge is 2.47. The molecule has 1 saturated heterocycles. The van der Waals surface area contributed by atoms with Gasteiger partial charge in [0.2, 0.25) is 5.88 Å². The first kappa shape index (κ1) is 19.6. The number of aromatic nitrogens is 4. The number of carbonyl (C=O) groups is 1. The molecule has 1 atom stereocenters. The molecule has 3 aromatic heterocycles. The second kappa shape index (κ2) is 7.69. The highest BCUT2D eigenvalue weighted by Crippen LogP contribution is 2.33. The molecule has 1 aromatic carbocycles. The Hall–Kier alpha value is -3.40. The normalized spacial score (nSPS) is 18.3. The first-order valence-corrected chi connectivity index (χ1v) is 10.6. The summed E-state index contributed by atoms with van der Waals surface area (Å²) in [7, 11) is 0. The van der Waals surface area contributed by atoms with Crippen molar-refractivity contribution in [3.63, 3.8) is 0 Å². The lowest BCUT2D eigenvalue weighted by molar-refractivity contribution is -0.131. The monoisotopic (exact) mass is 441 g/mol. The lowest BCUT2D eigenvalue weighted by Gasteiger charge is -2.37. The largest absolute Gasteiger partial charge is 0.466 e. The molecule has 0 aliphatic carbocycles. The van der Waals surface area contributed by atoms with E-state index in [2.05, 4.69) is 15.2 Å². The smallest absolute Gasteiger partial charge is 0.287 e. The van der Waals surface area contributed by atoms with Gasteiger partial charge in [-0.05, 0) is 12.1 Å². The first-order valence-electron chi connectivity index (χ1n) is 9.64. The third kappa shape index (κ3) is 3.74. The van der Waals surface area contributed by atoms with Crippen LogP contribution in [0.2, 0.25) is 0 Å². The maximum Gasteiger partial charge on any atom is 0.287 e. The van der Waals surface area contributed by atoms with Gasteiger partial charge < -0.3 is 9.64 Å². The molecule has 4 heterocycles. The number of hydrogen-bond donors (Lipinski definition) is 0. The average Bonchev–Trinajstić information content (AvgIpc) is 3.46. The topological polar surface area (TPSA) is 73.1 Å². The van der Waals surface area contributed by atoms with E-state index in [-0.39, 0.29) is 24.9 Å². The Kier molecular flexibility index (Phi) is 4.85. The van der Waals surface area contributed by atoms with Crippen LogP contribution >= 0.6 is 11.3 Å². The van der Waals surface area contributed by atoms with Gasteiger partial charge in [-0.3, -0.25) is 4.79 Å². The van der Waals surface area contributed by atoms with Crippen LogP contribution in [-0.4, -0.2) is 55.9 Å². The summed E-state index contributed by atoms with van der Waals surface area (Å²) in [6.07, 6.45) is 1.03. The van der Waals surface area contributed by atoms with Crippen molar-refractivity contribution in [1.82, 2.24) is 24.9 Å². The molecule has 0 radical (unpaired) electrons. The van der Waals surface area contributed by atoms with Gasteiger partial charge in [0, 0.05) is 35.2 Å². The second-order valence-corrected chi connectivity index (χ2v) is 7.94. The number of piperidine rings is 1. The van der Waals surface area contributed by atoms with Crippen molar-refractivity contribution in [3.8, 4) is 11.6 Å². The molecule has 1 amide bonds. The maximum atomic E-state index is 14.6. The summed E-state index contributed by atoms with van der Waals surface area (Å²) in [5, 5.41) is 12.4. The molecule has 7 nitrogen and oxygen atoms in total. The number of fused-ring (bicyclic) bond motifs is 1. The van der Waals surface area contributed by atoms with E-state index >= 15 is 0 Å². The molecular weight excluding hydrogens is 424 g/mol. The van der Waals surface area contributed by atoms with Crippen LogP contribution < -0.4 is 4.74 Å². The van der Waals surface area contributed by atoms with E-state index in [1.807, 2.05) is 18.2 Å². The van der Waals surface area contributed by atoms with Crippen molar-refractivity contribution >= 4 is 28.1 Å². The Bertz CT molecular complexity index is 1230. The molecule has 0 spiro atoms. The lowest BCUT2D eigenvalue weighted by atomic mass is 10.0. The average molecular weight is 441 g/mol. The number of rotatable bonds is 4. The van der Waals surface area contributed by atoms with Crippen LogP contribution in [0.1, 0.15) is 16.8 Å². The number of halogens is 2. The van der Waals surface area contributed by atoms with Crippen molar-refractivity contribution in [2.75, 3.05) is 13.1 Å². The summed E-state index contributed by atoms with van der Waals surface area (Å²) < 4.78 is 34.9. The van der Waals surface area contributed by atoms with Gasteiger partial charge in [0.15, 0.2) is 6.10 Å². The van der Waals surface area contributed by atoms with Crippen LogP contribution in [0.25, 0.3) is 16.6 Å². The zero-order valence-electron chi connectivity index (χ0n) is 16.2. The number of carbonyl (C=O) groups excluding carboxylic acids is 1. The Balaban J connectivity index is 1.38. The minimum atomic E-state index is -3.08. The Morgan fingerprint density at radius 3 is 2.77 bits per heavy atom. The summed E-state index contributed by atoms with van der Waals surface area (Å²) in [6.45, 7) is -0.319. The molecule has 1 unspecified atom stereocenters. The number of likely N-dealkylation sites (tertiary alicyclic amines) is 1. The molecule has 1 fully saturated rings. The number of ether oxygens (including phenoxy) is 1. The van der Waals surface area contributed by atoms with Crippen molar-refractivity contribution in [2.45, 2.75) is 18.4 Å². The van der Waals surface area contributed by atoms with Crippen LogP contribution in [0, 0.1) is 0 Å². The van der Waals surface area contributed by atoms with E-state index in [4.69, 9.17) is 4.74 Å². The zero-order chi connectivity index (χ0) is 21.4. The molecular formula is C21H17F2N5O2S. The van der Waals surface area contributed by atoms with Crippen molar-refractivity contribution in [3.05, 3.63) is 65.1 Å². The van der Waals surface area contributed by atoms with Crippen LogP contribution in [-0.2, 0) is 0 Å². The predicted octanol–water partition coefficient (Wildman–Crippen LogP) is 3.81. The lowest BCUT2D eigenvalue weighted by Crippen LogP contribution is -2.55. The number of thiophene rings is 1. The third-order valence-electron chi connectivity index (χ3n) is 5.20. The molecule has 10 heteroatoms. The molecule has 0 bridgehead atoms. The summed E-state index contributed by atoms with van der Waals surface area (Å²) in [4.78, 5) is 20.2. The number of pyridine rings is 1. The van der Waals surface area contributed by atoms with Crippen LogP contribution in [0.15, 0.2) is 59.6 Å². The molecule has 5 rings (SSSR count). The van der Waals surface area contributed by atoms with Gasteiger partial charge in [0.05, 0.1) is 30.0 Å². The van der Waals surface area contributed by atoms with E-state index < -0.39 is 18.4 Å². The van der Waals surface area contributed by atoms with Crippen LogP contribution in [0.5, 0.6) is 5.88 Å². The highest BCUT2D eigenvalue weighted by molar-refractivity contribution is 7.08. The van der Waals surface area contributed by atoms with Crippen molar-refractivity contribution in [2.24, 2.45) is 0 Å². The van der Waals surface area contributed by atoms with Gasteiger partial charge in [0.1, 0.15) is 5.69 Å². The van der Waals surface area contributed by atoms with E-state index in [0.717, 1.165) is 5.39 Å². The highest BCUT2D eigenvalue weighted by atomic mass is 32.1. The fraction of sp³-hybridized carbons (Fsp3) is 0.238. The summed E-state index contributed by atoms with van der Waals surface area (Å²) >= 11 is 1.32.